The van der Waals surface area contributed by atoms with Crippen molar-refractivity contribution in [1.29, 1.82) is 0 Å². The molecule has 0 spiro atoms. The van der Waals surface area contributed by atoms with E-state index < -0.39 is 0 Å². The van der Waals surface area contributed by atoms with Crippen molar-refractivity contribution in [2.24, 2.45) is 0 Å². The normalized spacial score (nSPS) is 10.1. The Morgan fingerprint density at radius 2 is 1.60 bits per heavy atom. The van der Waals surface area contributed by atoms with Crippen LogP contribution in [0.4, 0.5) is 0 Å². The summed E-state index contributed by atoms with van der Waals surface area (Å²) in [7, 11) is 0. The number of benzene rings is 1. The maximum atomic E-state index is 4.99. The molecule has 1 aromatic heterocycles. The molecular formula is C13H13NS. The van der Waals surface area contributed by atoms with E-state index in [0.29, 0.717) is 0 Å². The standard InChI is InChI=1S/C13H13NS/c15-13-9-8-12(10-14-13)7-6-11-4-2-1-3-5-11/h1-5,8-10H,6-7H2,(H,14,15). The van der Waals surface area contributed by atoms with E-state index in [1.165, 1.54) is 11.1 Å². The highest BCUT2D eigenvalue weighted by Gasteiger charge is 1.94. The first-order chi connectivity index (χ1) is 7.34. The number of aromatic nitrogens is 1. The minimum Gasteiger partial charge on any atom is -0.353 e. The smallest absolute Gasteiger partial charge is 0.103 e. The molecule has 0 unspecified atom stereocenters. The molecule has 0 fully saturated rings. The van der Waals surface area contributed by atoms with Crippen LogP contribution in [0, 0.1) is 4.64 Å². The van der Waals surface area contributed by atoms with Gasteiger partial charge in [-0.15, -0.1) is 0 Å². The van der Waals surface area contributed by atoms with Crippen molar-refractivity contribution in [3.05, 3.63) is 64.4 Å². The molecule has 0 bridgehead atoms. The first-order valence-corrected chi connectivity index (χ1v) is 5.47. The molecule has 0 amide bonds. The van der Waals surface area contributed by atoms with Crippen LogP contribution in [0.5, 0.6) is 0 Å². The number of aryl methyl sites for hydroxylation is 2. The predicted octanol–water partition coefficient (Wildman–Crippen LogP) is 3.53. The van der Waals surface area contributed by atoms with E-state index in [2.05, 4.69) is 35.3 Å². The van der Waals surface area contributed by atoms with Crippen molar-refractivity contribution in [3.8, 4) is 0 Å². The zero-order valence-corrected chi connectivity index (χ0v) is 9.26. The maximum Gasteiger partial charge on any atom is 0.103 e. The minimum atomic E-state index is 0.790. The van der Waals surface area contributed by atoms with Crippen molar-refractivity contribution in [2.75, 3.05) is 0 Å². The highest BCUT2D eigenvalue weighted by molar-refractivity contribution is 7.71. The summed E-state index contributed by atoms with van der Waals surface area (Å²) in [5.74, 6) is 0. The topological polar surface area (TPSA) is 15.8 Å². The van der Waals surface area contributed by atoms with E-state index in [1.54, 1.807) is 0 Å². The number of pyridine rings is 1. The highest BCUT2D eigenvalue weighted by Crippen LogP contribution is 2.05. The van der Waals surface area contributed by atoms with Crippen LogP contribution in [0.25, 0.3) is 0 Å². The Morgan fingerprint density at radius 1 is 0.867 bits per heavy atom. The molecule has 0 saturated heterocycles. The summed E-state index contributed by atoms with van der Waals surface area (Å²) in [6, 6.07) is 14.5. The second-order valence-electron chi connectivity index (χ2n) is 3.55. The Bertz CT molecular complexity index is 453. The van der Waals surface area contributed by atoms with Crippen LogP contribution in [-0.2, 0) is 12.8 Å². The zero-order valence-electron chi connectivity index (χ0n) is 8.44. The lowest BCUT2D eigenvalue weighted by atomic mass is 10.1. The fraction of sp³-hybridized carbons (Fsp3) is 0.154. The van der Waals surface area contributed by atoms with Gasteiger partial charge in [-0.1, -0.05) is 48.6 Å². The van der Waals surface area contributed by atoms with Crippen LogP contribution in [-0.4, -0.2) is 4.98 Å². The molecule has 0 aliphatic carbocycles. The van der Waals surface area contributed by atoms with Gasteiger partial charge in [0.25, 0.3) is 0 Å². The summed E-state index contributed by atoms with van der Waals surface area (Å²) < 4.78 is 0.790. The summed E-state index contributed by atoms with van der Waals surface area (Å²) in [6.45, 7) is 0. The van der Waals surface area contributed by atoms with Gasteiger partial charge in [-0.3, -0.25) is 0 Å². The number of H-pyrrole nitrogens is 1. The van der Waals surface area contributed by atoms with Gasteiger partial charge in [0.1, 0.15) is 4.64 Å². The highest BCUT2D eigenvalue weighted by atomic mass is 32.1. The van der Waals surface area contributed by atoms with Crippen LogP contribution >= 0.6 is 12.2 Å². The Morgan fingerprint density at radius 3 is 2.27 bits per heavy atom. The third kappa shape index (κ3) is 3.03. The third-order valence-electron chi connectivity index (χ3n) is 2.39. The molecular weight excluding hydrogens is 202 g/mol. The van der Waals surface area contributed by atoms with Crippen molar-refractivity contribution < 1.29 is 0 Å². The van der Waals surface area contributed by atoms with Crippen LogP contribution in [0.3, 0.4) is 0 Å². The van der Waals surface area contributed by atoms with Gasteiger partial charge in [0, 0.05) is 6.20 Å². The largest absolute Gasteiger partial charge is 0.353 e. The first kappa shape index (κ1) is 10.1. The fourth-order valence-electron chi connectivity index (χ4n) is 1.53. The molecule has 0 radical (unpaired) electrons. The maximum absolute atomic E-state index is 4.99. The van der Waals surface area contributed by atoms with Crippen molar-refractivity contribution in [3.63, 3.8) is 0 Å². The SMILES string of the molecule is S=c1ccc(CCc2ccccc2)c[nH]1. The van der Waals surface area contributed by atoms with E-state index in [9.17, 15) is 0 Å². The second kappa shape index (κ2) is 4.89. The van der Waals surface area contributed by atoms with Crippen molar-refractivity contribution >= 4 is 12.2 Å². The number of aromatic amines is 1. The van der Waals surface area contributed by atoms with Crippen LogP contribution in [0.15, 0.2) is 48.7 Å². The summed E-state index contributed by atoms with van der Waals surface area (Å²) in [6.07, 6.45) is 4.12. The Balaban J connectivity index is 1.99. The Kier molecular flexibility index (Phi) is 3.30. The van der Waals surface area contributed by atoms with Crippen molar-refractivity contribution in [2.45, 2.75) is 12.8 Å². The molecule has 1 heterocycles. The number of hydrogen-bond acceptors (Lipinski definition) is 1. The van der Waals surface area contributed by atoms with E-state index >= 15 is 0 Å². The molecule has 0 aliphatic rings. The molecule has 1 aromatic carbocycles. The van der Waals surface area contributed by atoms with Gasteiger partial charge in [0.15, 0.2) is 0 Å². The summed E-state index contributed by atoms with van der Waals surface area (Å²) in [4.78, 5) is 3.05. The lowest BCUT2D eigenvalue weighted by Gasteiger charge is -2.01. The molecule has 2 rings (SSSR count). The van der Waals surface area contributed by atoms with Crippen molar-refractivity contribution in [1.82, 2.24) is 4.98 Å². The van der Waals surface area contributed by atoms with Crippen LogP contribution in [0.2, 0.25) is 0 Å². The van der Waals surface area contributed by atoms with Gasteiger partial charge in [-0.2, -0.15) is 0 Å². The average molecular weight is 215 g/mol. The first-order valence-electron chi connectivity index (χ1n) is 5.06. The molecule has 0 saturated carbocycles. The number of hydrogen-bond donors (Lipinski definition) is 1. The van der Waals surface area contributed by atoms with E-state index in [0.717, 1.165) is 17.5 Å². The van der Waals surface area contributed by atoms with E-state index in [1.807, 2.05) is 18.3 Å². The van der Waals surface area contributed by atoms with Crippen LogP contribution in [0.1, 0.15) is 11.1 Å². The second-order valence-corrected chi connectivity index (χ2v) is 3.99. The zero-order chi connectivity index (χ0) is 10.5. The molecule has 2 heteroatoms. The lowest BCUT2D eigenvalue weighted by molar-refractivity contribution is 0.949. The summed E-state index contributed by atoms with van der Waals surface area (Å²) >= 11 is 4.99. The van der Waals surface area contributed by atoms with Gasteiger partial charge in [0.05, 0.1) is 0 Å². The Labute approximate surface area is 94.8 Å². The Hall–Kier alpha value is -1.41. The predicted molar refractivity (Wildman–Crippen MR) is 65.5 cm³/mol. The molecule has 1 N–H and O–H groups in total. The number of nitrogens with one attached hydrogen (secondary N) is 1. The summed E-state index contributed by atoms with van der Waals surface area (Å²) in [5.41, 5.74) is 2.67. The molecule has 15 heavy (non-hydrogen) atoms. The van der Waals surface area contributed by atoms with E-state index in [-0.39, 0.29) is 0 Å². The monoisotopic (exact) mass is 215 g/mol. The van der Waals surface area contributed by atoms with E-state index in [4.69, 9.17) is 12.2 Å². The molecule has 0 aliphatic heterocycles. The van der Waals surface area contributed by atoms with Crippen LogP contribution < -0.4 is 0 Å². The lowest BCUT2D eigenvalue weighted by Crippen LogP contribution is -1.91. The average Bonchev–Trinajstić information content (AvgIpc) is 2.30. The molecule has 1 nitrogen and oxygen atoms in total. The molecule has 0 atom stereocenters. The quantitative estimate of drug-likeness (QED) is 0.774. The minimum absolute atomic E-state index is 0.790. The van der Waals surface area contributed by atoms with Gasteiger partial charge in [-0.05, 0) is 30.0 Å². The number of rotatable bonds is 3. The van der Waals surface area contributed by atoms with Gasteiger partial charge >= 0.3 is 0 Å². The molecule has 76 valence electrons. The van der Waals surface area contributed by atoms with Gasteiger partial charge in [0.2, 0.25) is 0 Å². The summed E-state index contributed by atoms with van der Waals surface area (Å²) in [5, 5.41) is 0. The van der Waals surface area contributed by atoms with Gasteiger partial charge < -0.3 is 4.98 Å². The van der Waals surface area contributed by atoms with Gasteiger partial charge in [-0.25, -0.2) is 0 Å². The molecule has 2 aromatic rings. The third-order valence-corrected chi connectivity index (χ3v) is 2.65. The fourth-order valence-corrected chi connectivity index (χ4v) is 1.66.